The Morgan fingerprint density at radius 2 is 1.76 bits per heavy atom. The Balaban J connectivity index is 2.02. The fraction of sp³-hybridized carbons (Fsp3) is 0.190. The van der Waals surface area contributed by atoms with E-state index in [0.717, 1.165) is 0 Å². The van der Waals surface area contributed by atoms with E-state index in [-0.39, 0.29) is 5.57 Å². The Hall–Kier alpha value is -3.99. The molecule has 0 aliphatic rings. The van der Waals surface area contributed by atoms with Crippen LogP contribution in [-0.4, -0.2) is 39.8 Å². The zero-order valence-electron chi connectivity index (χ0n) is 16.2. The number of carbonyl (C=O) groups excluding carboxylic acids is 2. The first kappa shape index (κ1) is 21.3. The molecular formula is C21H20N2O6. The second-order valence-electron chi connectivity index (χ2n) is 5.64. The average molecular weight is 396 g/mol. The van der Waals surface area contributed by atoms with Crippen LogP contribution in [0.1, 0.15) is 5.56 Å². The van der Waals surface area contributed by atoms with Crippen LogP contribution in [0.4, 0.5) is 5.69 Å². The fourth-order valence-corrected chi connectivity index (χ4v) is 2.34. The molecule has 1 N–H and O–H groups in total. The van der Waals surface area contributed by atoms with Gasteiger partial charge < -0.3 is 24.3 Å². The van der Waals surface area contributed by atoms with E-state index in [1.165, 1.54) is 27.4 Å². The van der Waals surface area contributed by atoms with E-state index in [2.05, 4.69) is 5.32 Å². The van der Waals surface area contributed by atoms with Gasteiger partial charge in [-0.15, -0.1) is 0 Å². The van der Waals surface area contributed by atoms with Crippen molar-refractivity contribution in [1.82, 2.24) is 0 Å². The highest BCUT2D eigenvalue weighted by molar-refractivity contribution is 6.00. The molecule has 0 unspecified atom stereocenters. The molecule has 0 atom stereocenters. The Morgan fingerprint density at radius 1 is 1.03 bits per heavy atom. The summed E-state index contributed by atoms with van der Waals surface area (Å²) in [5.41, 5.74) is 0.703. The van der Waals surface area contributed by atoms with Crippen LogP contribution >= 0.6 is 0 Å². The van der Waals surface area contributed by atoms with Crippen molar-refractivity contribution < 1.29 is 28.5 Å². The van der Waals surface area contributed by atoms with Gasteiger partial charge in [0.05, 0.1) is 27.0 Å². The van der Waals surface area contributed by atoms with Crippen LogP contribution < -0.4 is 19.5 Å². The third-order valence-corrected chi connectivity index (χ3v) is 3.76. The van der Waals surface area contributed by atoms with Crippen LogP contribution in [0, 0.1) is 11.3 Å². The van der Waals surface area contributed by atoms with E-state index in [0.29, 0.717) is 28.5 Å². The van der Waals surface area contributed by atoms with Crippen molar-refractivity contribution in [3.05, 3.63) is 53.6 Å². The number of hydrogen-bond donors (Lipinski definition) is 1. The minimum absolute atomic E-state index is 0.245. The lowest BCUT2D eigenvalue weighted by molar-refractivity contribution is -0.142. The molecule has 0 radical (unpaired) electrons. The normalized spacial score (nSPS) is 10.5. The molecule has 8 heteroatoms. The topological polar surface area (TPSA) is 107 Å². The predicted octanol–water partition coefficient (Wildman–Crippen LogP) is 2.80. The number of amides is 1. The lowest BCUT2D eigenvalue weighted by atomic mass is 10.1. The zero-order valence-corrected chi connectivity index (χ0v) is 16.2. The number of benzene rings is 2. The number of esters is 1. The maximum atomic E-state index is 12.1. The molecule has 2 rings (SSSR count). The number of carbonyl (C=O) groups is 2. The summed E-state index contributed by atoms with van der Waals surface area (Å²) in [6.07, 6.45) is 1.36. The van der Waals surface area contributed by atoms with Gasteiger partial charge in [-0.3, -0.25) is 4.79 Å². The van der Waals surface area contributed by atoms with Gasteiger partial charge in [-0.1, -0.05) is 12.1 Å². The molecule has 0 saturated carbocycles. The van der Waals surface area contributed by atoms with Crippen molar-refractivity contribution in [2.75, 3.05) is 33.3 Å². The molecule has 0 fully saturated rings. The summed E-state index contributed by atoms with van der Waals surface area (Å²) < 4.78 is 20.3. The van der Waals surface area contributed by atoms with Gasteiger partial charge in [0.2, 0.25) is 0 Å². The van der Waals surface area contributed by atoms with E-state index in [1.54, 1.807) is 48.5 Å². The summed E-state index contributed by atoms with van der Waals surface area (Å²) in [6.45, 7) is -0.573. The largest absolute Gasteiger partial charge is 0.497 e. The number of anilines is 1. The van der Waals surface area contributed by atoms with Crippen LogP contribution in [0.3, 0.4) is 0 Å². The minimum Gasteiger partial charge on any atom is -0.497 e. The highest BCUT2D eigenvalue weighted by Crippen LogP contribution is 2.28. The Kier molecular flexibility index (Phi) is 7.62. The summed E-state index contributed by atoms with van der Waals surface area (Å²) in [4.78, 5) is 24.3. The quantitative estimate of drug-likeness (QED) is 0.415. The van der Waals surface area contributed by atoms with Crippen LogP contribution in [0.5, 0.6) is 17.2 Å². The maximum Gasteiger partial charge on any atom is 0.349 e. The van der Waals surface area contributed by atoms with Gasteiger partial charge in [0, 0.05) is 6.07 Å². The Morgan fingerprint density at radius 3 is 2.41 bits per heavy atom. The minimum atomic E-state index is -0.914. The molecule has 2 aromatic carbocycles. The number of nitrogens with one attached hydrogen (secondary N) is 1. The predicted molar refractivity (Wildman–Crippen MR) is 106 cm³/mol. The van der Waals surface area contributed by atoms with Gasteiger partial charge in [-0.2, -0.15) is 5.26 Å². The van der Waals surface area contributed by atoms with Crippen molar-refractivity contribution in [2.24, 2.45) is 0 Å². The summed E-state index contributed by atoms with van der Waals surface area (Å²) in [5, 5.41) is 11.8. The third-order valence-electron chi connectivity index (χ3n) is 3.76. The first-order chi connectivity index (χ1) is 14.0. The monoisotopic (exact) mass is 396 g/mol. The van der Waals surface area contributed by atoms with Crippen LogP contribution in [-0.2, 0) is 14.3 Å². The highest BCUT2D eigenvalue weighted by atomic mass is 16.5. The SMILES string of the molecule is COc1cccc(/C=C(\C#N)C(=O)OCC(=O)Nc2cc(OC)ccc2OC)c1. The van der Waals surface area contributed by atoms with Gasteiger partial charge in [0.15, 0.2) is 6.61 Å². The number of methoxy groups -OCH3 is 3. The summed E-state index contributed by atoms with van der Waals surface area (Å²) in [5.74, 6) is 0.00914. The number of hydrogen-bond acceptors (Lipinski definition) is 7. The van der Waals surface area contributed by atoms with E-state index < -0.39 is 18.5 Å². The standard InChI is InChI=1S/C21H20N2O6/c1-26-16-6-4-5-14(10-16)9-15(12-22)21(25)29-13-20(24)23-18-11-17(27-2)7-8-19(18)28-3/h4-11H,13H2,1-3H3,(H,23,24)/b15-9+. The first-order valence-corrected chi connectivity index (χ1v) is 8.45. The molecule has 0 aromatic heterocycles. The Labute approximate surface area is 168 Å². The van der Waals surface area contributed by atoms with Crippen LogP contribution in [0.2, 0.25) is 0 Å². The molecule has 0 bridgehead atoms. The summed E-state index contributed by atoms with van der Waals surface area (Å²) in [6, 6.07) is 13.5. The molecule has 0 aliphatic heterocycles. The number of nitrogens with zero attached hydrogens (tertiary/aromatic N) is 1. The lowest BCUT2D eigenvalue weighted by Gasteiger charge is -2.11. The van der Waals surface area contributed by atoms with Crippen molar-refractivity contribution in [3.63, 3.8) is 0 Å². The van der Waals surface area contributed by atoms with Crippen molar-refractivity contribution >= 4 is 23.6 Å². The van der Waals surface area contributed by atoms with Crippen molar-refractivity contribution in [2.45, 2.75) is 0 Å². The van der Waals surface area contributed by atoms with E-state index in [9.17, 15) is 14.9 Å². The third kappa shape index (κ3) is 6.01. The molecule has 150 valence electrons. The summed E-state index contributed by atoms with van der Waals surface area (Å²) in [7, 11) is 4.46. The van der Waals surface area contributed by atoms with E-state index in [1.807, 2.05) is 0 Å². The molecule has 29 heavy (non-hydrogen) atoms. The smallest absolute Gasteiger partial charge is 0.349 e. The molecule has 0 spiro atoms. The fourth-order valence-electron chi connectivity index (χ4n) is 2.34. The zero-order chi connectivity index (χ0) is 21.2. The maximum absolute atomic E-state index is 12.1. The first-order valence-electron chi connectivity index (χ1n) is 8.45. The number of nitriles is 1. The molecule has 0 heterocycles. The number of ether oxygens (including phenoxy) is 4. The second-order valence-corrected chi connectivity index (χ2v) is 5.64. The average Bonchev–Trinajstić information content (AvgIpc) is 2.75. The molecular weight excluding hydrogens is 376 g/mol. The van der Waals surface area contributed by atoms with Gasteiger partial charge in [-0.25, -0.2) is 4.79 Å². The highest BCUT2D eigenvalue weighted by Gasteiger charge is 2.15. The molecule has 1 amide bonds. The van der Waals surface area contributed by atoms with Gasteiger partial charge >= 0.3 is 5.97 Å². The van der Waals surface area contributed by atoms with Crippen molar-refractivity contribution in [3.8, 4) is 23.3 Å². The lowest BCUT2D eigenvalue weighted by Crippen LogP contribution is -2.21. The molecule has 0 aliphatic carbocycles. The Bertz CT molecular complexity index is 962. The molecule has 2 aromatic rings. The van der Waals surface area contributed by atoms with E-state index >= 15 is 0 Å². The second kappa shape index (κ2) is 10.4. The molecule has 8 nitrogen and oxygen atoms in total. The van der Waals surface area contributed by atoms with E-state index in [4.69, 9.17) is 18.9 Å². The summed E-state index contributed by atoms with van der Waals surface area (Å²) >= 11 is 0. The molecule has 0 saturated heterocycles. The van der Waals surface area contributed by atoms with Gasteiger partial charge in [0.25, 0.3) is 5.91 Å². The van der Waals surface area contributed by atoms with Crippen LogP contribution in [0.15, 0.2) is 48.0 Å². The van der Waals surface area contributed by atoms with Crippen molar-refractivity contribution in [1.29, 1.82) is 5.26 Å². The number of rotatable bonds is 8. The van der Waals surface area contributed by atoms with Crippen LogP contribution in [0.25, 0.3) is 6.08 Å². The van der Waals surface area contributed by atoms with Gasteiger partial charge in [-0.05, 0) is 35.9 Å². The van der Waals surface area contributed by atoms with Gasteiger partial charge in [0.1, 0.15) is 28.9 Å².